The van der Waals surface area contributed by atoms with Crippen LogP contribution >= 0.6 is 23.2 Å². The lowest BCUT2D eigenvalue weighted by Gasteiger charge is -2.33. The van der Waals surface area contributed by atoms with Crippen LogP contribution in [0.4, 0.5) is 5.82 Å². The summed E-state index contributed by atoms with van der Waals surface area (Å²) in [4.78, 5) is 13.6. The topological polar surface area (TPSA) is 32.3 Å². The number of aromatic nitrogens is 2. The van der Waals surface area contributed by atoms with E-state index in [4.69, 9.17) is 23.2 Å². The molecular formula is C14H16Cl2N4. The fraction of sp³-hybridized carbons (Fsp3) is 0.429. The van der Waals surface area contributed by atoms with E-state index in [0.717, 1.165) is 48.6 Å². The molecule has 0 spiro atoms. The monoisotopic (exact) mass is 310 g/mol. The van der Waals surface area contributed by atoms with Gasteiger partial charge in [0.1, 0.15) is 0 Å². The van der Waals surface area contributed by atoms with E-state index in [9.17, 15) is 0 Å². The van der Waals surface area contributed by atoms with E-state index in [2.05, 4.69) is 26.8 Å². The Hall–Kier alpha value is -1.10. The highest BCUT2D eigenvalue weighted by Gasteiger charge is 2.19. The number of hydrogen-bond donors (Lipinski definition) is 0. The Morgan fingerprint density at radius 1 is 1.00 bits per heavy atom. The number of nitrogens with zero attached hydrogens (tertiary/aromatic N) is 4. The molecule has 0 aliphatic carbocycles. The van der Waals surface area contributed by atoms with Crippen molar-refractivity contribution in [3.63, 3.8) is 0 Å². The van der Waals surface area contributed by atoms with Gasteiger partial charge in [-0.2, -0.15) is 0 Å². The molecule has 3 rings (SSSR count). The van der Waals surface area contributed by atoms with Gasteiger partial charge in [0.15, 0.2) is 11.0 Å². The average molecular weight is 311 g/mol. The van der Waals surface area contributed by atoms with Gasteiger partial charge in [-0.1, -0.05) is 23.2 Å². The number of halogens is 2. The van der Waals surface area contributed by atoms with Crippen LogP contribution in [-0.2, 0) is 0 Å². The molecule has 0 N–H and O–H groups in total. The van der Waals surface area contributed by atoms with Crippen molar-refractivity contribution >= 4 is 40.1 Å². The minimum absolute atomic E-state index is 0.462. The highest BCUT2D eigenvalue weighted by molar-refractivity contribution is 6.33. The third kappa shape index (κ3) is 2.55. The maximum absolute atomic E-state index is 6.30. The van der Waals surface area contributed by atoms with Gasteiger partial charge in [0.2, 0.25) is 0 Å². The molecule has 1 aromatic heterocycles. The van der Waals surface area contributed by atoms with Gasteiger partial charge < -0.3 is 9.80 Å². The molecule has 1 aliphatic rings. The molecule has 0 atom stereocenters. The third-order valence-electron chi connectivity index (χ3n) is 3.69. The van der Waals surface area contributed by atoms with Crippen molar-refractivity contribution in [3.8, 4) is 0 Å². The van der Waals surface area contributed by atoms with Crippen molar-refractivity contribution < 1.29 is 0 Å². The van der Waals surface area contributed by atoms with Crippen LogP contribution in [0, 0.1) is 6.92 Å². The second kappa shape index (κ2) is 5.35. The summed E-state index contributed by atoms with van der Waals surface area (Å²) in [6, 6.07) is 3.78. The summed E-state index contributed by atoms with van der Waals surface area (Å²) in [5, 5.41) is 1.17. The largest absolute Gasteiger partial charge is 0.351 e. The van der Waals surface area contributed by atoms with Crippen LogP contribution in [0.5, 0.6) is 0 Å². The fourth-order valence-corrected chi connectivity index (χ4v) is 2.78. The molecule has 0 bridgehead atoms. The Morgan fingerprint density at radius 3 is 2.35 bits per heavy atom. The standard InChI is InChI=1S/C14H16Cl2N4/c1-9-7-11-12(8-10(9)15)18-14(13(16)17-11)20-5-3-19(2)4-6-20/h7-8H,3-6H2,1-2H3. The SMILES string of the molecule is Cc1cc2nc(Cl)c(N3CCN(C)CC3)nc2cc1Cl. The molecule has 0 amide bonds. The number of rotatable bonds is 1. The minimum atomic E-state index is 0.462. The number of piperazine rings is 1. The predicted molar refractivity (Wildman–Crippen MR) is 84.0 cm³/mol. The van der Waals surface area contributed by atoms with Crippen LogP contribution in [0.15, 0.2) is 12.1 Å². The molecule has 0 saturated carbocycles. The van der Waals surface area contributed by atoms with Crippen LogP contribution in [-0.4, -0.2) is 48.1 Å². The van der Waals surface area contributed by atoms with E-state index in [1.165, 1.54) is 0 Å². The first kappa shape index (κ1) is 13.9. The number of benzene rings is 1. The highest BCUT2D eigenvalue weighted by Crippen LogP contribution is 2.28. The predicted octanol–water partition coefficient (Wildman–Crippen LogP) is 3.00. The summed E-state index contributed by atoms with van der Waals surface area (Å²) in [6.07, 6.45) is 0. The van der Waals surface area contributed by atoms with Gasteiger partial charge in [-0.25, -0.2) is 9.97 Å². The summed E-state index contributed by atoms with van der Waals surface area (Å²) < 4.78 is 0. The maximum atomic E-state index is 6.30. The maximum Gasteiger partial charge on any atom is 0.172 e. The lowest BCUT2D eigenvalue weighted by molar-refractivity contribution is 0.312. The molecule has 0 radical (unpaired) electrons. The van der Waals surface area contributed by atoms with E-state index in [-0.39, 0.29) is 0 Å². The average Bonchev–Trinajstić information content (AvgIpc) is 2.41. The van der Waals surface area contributed by atoms with Crippen molar-refractivity contribution in [1.82, 2.24) is 14.9 Å². The molecular weight excluding hydrogens is 295 g/mol. The Balaban J connectivity index is 2.03. The smallest absolute Gasteiger partial charge is 0.172 e. The van der Waals surface area contributed by atoms with E-state index in [1.54, 1.807) is 0 Å². The second-order valence-corrected chi connectivity index (χ2v) is 5.98. The van der Waals surface area contributed by atoms with Crippen molar-refractivity contribution in [2.24, 2.45) is 0 Å². The van der Waals surface area contributed by atoms with E-state index in [1.807, 2.05) is 19.1 Å². The number of anilines is 1. The Bertz CT molecular complexity index is 651. The summed E-state index contributed by atoms with van der Waals surface area (Å²) in [7, 11) is 2.12. The van der Waals surface area contributed by atoms with Gasteiger partial charge >= 0.3 is 0 Å². The first-order chi connectivity index (χ1) is 9.54. The summed E-state index contributed by atoms with van der Waals surface area (Å²) in [6.45, 7) is 5.78. The van der Waals surface area contributed by atoms with Crippen LogP contribution in [0.1, 0.15) is 5.56 Å². The lowest BCUT2D eigenvalue weighted by Crippen LogP contribution is -2.45. The quantitative estimate of drug-likeness (QED) is 0.810. The summed E-state index contributed by atoms with van der Waals surface area (Å²) in [5.41, 5.74) is 2.56. The van der Waals surface area contributed by atoms with Crippen LogP contribution in [0.3, 0.4) is 0 Å². The van der Waals surface area contributed by atoms with Crippen LogP contribution in [0.2, 0.25) is 10.2 Å². The molecule has 20 heavy (non-hydrogen) atoms. The van der Waals surface area contributed by atoms with E-state index >= 15 is 0 Å². The molecule has 1 saturated heterocycles. The van der Waals surface area contributed by atoms with Crippen LogP contribution in [0.25, 0.3) is 11.0 Å². The molecule has 1 aromatic carbocycles. The van der Waals surface area contributed by atoms with Gasteiger partial charge in [-0.05, 0) is 31.7 Å². The van der Waals surface area contributed by atoms with E-state index < -0.39 is 0 Å². The van der Waals surface area contributed by atoms with Crippen molar-refractivity contribution in [2.75, 3.05) is 38.1 Å². The van der Waals surface area contributed by atoms with E-state index in [0.29, 0.717) is 10.2 Å². The zero-order valence-corrected chi connectivity index (χ0v) is 13.0. The molecule has 1 aliphatic heterocycles. The van der Waals surface area contributed by atoms with Gasteiger partial charge in [-0.3, -0.25) is 0 Å². The normalized spacial score (nSPS) is 16.9. The molecule has 1 fully saturated rings. The Morgan fingerprint density at radius 2 is 1.65 bits per heavy atom. The Labute approximate surface area is 128 Å². The zero-order chi connectivity index (χ0) is 14.3. The zero-order valence-electron chi connectivity index (χ0n) is 11.5. The van der Waals surface area contributed by atoms with Crippen molar-refractivity contribution in [3.05, 3.63) is 27.9 Å². The molecule has 0 unspecified atom stereocenters. The lowest BCUT2D eigenvalue weighted by atomic mass is 10.2. The van der Waals surface area contributed by atoms with Crippen molar-refractivity contribution in [2.45, 2.75) is 6.92 Å². The van der Waals surface area contributed by atoms with Crippen molar-refractivity contribution in [1.29, 1.82) is 0 Å². The third-order valence-corrected chi connectivity index (χ3v) is 4.35. The van der Waals surface area contributed by atoms with Gasteiger partial charge in [0, 0.05) is 31.2 Å². The minimum Gasteiger partial charge on any atom is -0.351 e. The molecule has 6 heteroatoms. The molecule has 2 heterocycles. The number of likely N-dealkylation sites (N-methyl/N-ethyl adjacent to an activating group) is 1. The molecule has 4 nitrogen and oxygen atoms in total. The number of aryl methyl sites for hydroxylation is 1. The van der Waals surface area contributed by atoms with Gasteiger partial charge in [0.25, 0.3) is 0 Å². The fourth-order valence-electron chi connectivity index (χ4n) is 2.37. The second-order valence-electron chi connectivity index (χ2n) is 5.22. The number of fused-ring (bicyclic) bond motifs is 1. The van der Waals surface area contributed by atoms with Gasteiger partial charge in [0.05, 0.1) is 11.0 Å². The highest BCUT2D eigenvalue weighted by atomic mass is 35.5. The molecule has 2 aromatic rings. The first-order valence-corrected chi connectivity index (χ1v) is 7.37. The van der Waals surface area contributed by atoms with Gasteiger partial charge in [-0.15, -0.1) is 0 Å². The molecule has 106 valence electrons. The Kier molecular flexibility index (Phi) is 3.71. The van der Waals surface area contributed by atoms with Crippen LogP contribution < -0.4 is 4.90 Å². The summed E-state index contributed by atoms with van der Waals surface area (Å²) in [5.74, 6) is 0.757. The number of hydrogen-bond acceptors (Lipinski definition) is 4. The first-order valence-electron chi connectivity index (χ1n) is 6.61. The summed E-state index contributed by atoms with van der Waals surface area (Å²) >= 11 is 12.5.